The van der Waals surface area contributed by atoms with Crippen LogP contribution in [0, 0.1) is 0 Å². The summed E-state index contributed by atoms with van der Waals surface area (Å²) in [6.45, 7) is 2.12. The maximum Gasteiger partial charge on any atom is 0.233 e. The molecule has 118 valence electrons. The summed E-state index contributed by atoms with van der Waals surface area (Å²) < 4.78 is 6.11. The molecule has 0 N–H and O–H groups in total. The molecule has 2 aliphatic rings. The van der Waals surface area contributed by atoms with Gasteiger partial charge in [0.1, 0.15) is 5.60 Å². The highest BCUT2D eigenvalue weighted by molar-refractivity contribution is 8.00. The number of carbonyl (C=O) groups excluding carboxylic acids is 1. The van der Waals surface area contributed by atoms with Gasteiger partial charge in [0.15, 0.2) is 0 Å². The Balaban J connectivity index is 1.42. The summed E-state index contributed by atoms with van der Waals surface area (Å²) in [4.78, 5) is 15.6. The summed E-state index contributed by atoms with van der Waals surface area (Å²) in [5.74, 6) is 0.686. The number of amides is 1. The van der Waals surface area contributed by atoms with Gasteiger partial charge in [-0.1, -0.05) is 42.5 Å². The minimum Gasteiger partial charge on any atom is -0.364 e. The summed E-state index contributed by atoms with van der Waals surface area (Å²) in [7, 11) is 0. The average molecular weight is 325 g/mol. The van der Waals surface area contributed by atoms with Gasteiger partial charge < -0.3 is 9.64 Å². The van der Waals surface area contributed by atoms with Gasteiger partial charge >= 0.3 is 0 Å². The maximum atomic E-state index is 12.5. The van der Waals surface area contributed by atoms with E-state index in [0.717, 1.165) is 17.9 Å². The Morgan fingerprint density at radius 2 is 1.91 bits per heavy atom. The molecule has 0 bridgehead atoms. The van der Waals surface area contributed by atoms with Crippen LogP contribution >= 0.6 is 11.8 Å². The fourth-order valence-corrected chi connectivity index (χ4v) is 4.29. The van der Waals surface area contributed by atoms with Gasteiger partial charge in [0.2, 0.25) is 5.91 Å². The molecule has 1 saturated heterocycles. The van der Waals surface area contributed by atoms with E-state index in [1.165, 1.54) is 11.1 Å². The lowest BCUT2D eigenvalue weighted by Crippen LogP contribution is -2.35. The summed E-state index contributed by atoms with van der Waals surface area (Å²) >= 11 is 1.60. The first-order valence-electron chi connectivity index (χ1n) is 7.95. The lowest BCUT2D eigenvalue weighted by molar-refractivity contribution is -0.128. The van der Waals surface area contributed by atoms with Crippen LogP contribution in [0.25, 0.3) is 0 Å². The lowest BCUT2D eigenvalue weighted by atomic mass is 9.92. The molecule has 0 unspecified atom stereocenters. The van der Waals surface area contributed by atoms with Crippen LogP contribution in [-0.2, 0) is 21.7 Å². The molecule has 2 aliphatic heterocycles. The number of hydrogen-bond donors (Lipinski definition) is 0. The quantitative estimate of drug-likeness (QED) is 0.810. The Labute approximate surface area is 140 Å². The average Bonchev–Trinajstić information content (AvgIpc) is 3.20. The Morgan fingerprint density at radius 3 is 2.78 bits per heavy atom. The van der Waals surface area contributed by atoms with E-state index < -0.39 is 0 Å². The van der Waals surface area contributed by atoms with Gasteiger partial charge in [0.25, 0.3) is 0 Å². The molecule has 0 aliphatic carbocycles. The van der Waals surface area contributed by atoms with Gasteiger partial charge in [0, 0.05) is 11.4 Å². The number of benzene rings is 2. The largest absolute Gasteiger partial charge is 0.364 e. The Kier molecular flexibility index (Phi) is 3.87. The molecule has 23 heavy (non-hydrogen) atoms. The fourth-order valence-electron chi connectivity index (χ4n) is 3.47. The first kappa shape index (κ1) is 14.8. The van der Waals surface area contributed by atoms with Crippen LogP contribution in [-0.4, -0.2) is 29.6 Å². The van der Waals surface area contributed by atoms with E-state index >= 15 is 0 Å². The molecular weight excluding hydrogens is 306 g/mol. The van der Waals surface area contributed by atoms with Gasteiger partial charge in [-0.25, -0.2) is 0 Å². The van der Waals surface area contributed by atoms with Crippen LogP contribution in [0.5, 0.6) is 0 Å². The third kappa shape index (κ3) is 2.77. The van der Waals surface area contributed by atoms with Crippen LogP contribution in [0.1, 0.15) is 17.5 Å². The van der Waals surface area contributed by atoms with Crippen molar-refractivity contribution in [3.05, 3.63) is 65.7 Å². The second-order valence-electron chi connectivity index (χ2n) is 6.11. The van der Waals surface area contributed by atoms with Crippen molar-refractivity contribution in [1.82, 2.24) is 4.90 Å². The van der Waals surface area contributed by atoms with Crippen LogP contribution in [0.15, 0.2) is 59.5 Å². The minimum atomic E-state index is -0.274. The third-order valence-corrected chi connectivity index (χ3v) is 5.70. The zero-order chi connectivity index (χ0) is 15.7. The van der Waals surface area contributed by atoms with Gasteiger partial charge in [-0.05, 0) is 29.7 Å². The highest BCUT2D eigenvalue weighted by atomic mass is 32.2. The molecule has 3 nitrogen and oxygen atoms in total. The summed E-state index contributed by atoms with van der Waals surface area (Å²) in [6.07, 6.45) is 0.895. The van der Waals surface area contributed by atoms with Crippen molar-refractivity contribution in [2.75, 3.05) is 18.8 Å². The van der Waals surface area contributed by atoms with Gasteiger partial charge in [0.05, 0.1) is 18.9 Å². The second kappa shape index (κ2) is 6.02. The molecule has 4 heteroatoms. The number of likely N-dealkylation sites (tertiary alicyclic amines) is 1. The normalized spacial score (nSPS) is 22.5. The highest BCUT2D eigenvalue weighted by Crippen LogP contribution is 2.43. The molecule has 2 aromatic carbocycles. The molecule has 4 rings (SSSR count). The van der Waals surface area contributed by atoms with E-state index in [0.29, 0.717) is 18.9 Å². The summed E-state index contributed by atoms with van der Waals surface area (Å²) in [5.41, 5.74) is 2.26. The molecule has 1 amide bonds. The van der Waals surface area contributed by atoms with Crippen molar-refractivity contribution in [3.8, 4) is 0 Å². The van der Waals surface area contributed by atoms with Crippen molar-refractivity contribution >= 4 is 17.7 Å². The van der Waals surface area contributed by atoms with E-state index in [1.54, 1.807) is 11.8 Å². The van der Waals surface area contributed by atoms with Crippen LogP contribution in [0.4, 0.5) is 0 Å². The van der Waals surface area contributed by atoms with Crippen LogP contribution in [0.2, 0.25) is 0 Å². The number of nitrogens with zero attached hydrogens (tertiary/aromatic N) is 1. The molecule has 0 radical (unpaired) electrons. The van der Waals surface area contributed by atoms with E-state index in [4.69, 9.17) is 4.74 Å². The van der Waals surface area contributed by atoms with Gasteiger partial charge in [-0.3, -0.25) is 4.79 Å². The second-order valence-corrected chi connectivity index (χ2v) is 7.16. The standard InChI is InChI=1S/C19H19NO2S/c21-18(13-23-16-7-2-1-3-8-16)20-11-10-19(14-20)17-9-5-4-6-15(17)12-22-19/h1-9H,10-14H2/t19-/m0/s1. The predicted molar refractivity (Wildman–Crippen MR) is 91.3 cm³/mol. The van der Waals surface area contributed by atoms with Crippen molar-refractivity contribution in [2.24, 2.45) is 0 Å². The van der Waals surface area contributed by atoms with Crippen LogP contribution < -0.4 is 0 Å². The maximum absolute atomic E-state index is 12.5. The molecule has 1 spiro atoms. The van der Waals surface area contributed by atoms with E-state index in [-0.39, 0.29) is 11.5 Å². The molecular formula is C19H19NO2S. The van der Waals surface area contributed by atoms with Crippen molar-refractivity contribution in [3.63, 3.8) is 0 Å². The predicted octanol–water partition coefficient (Wildman–Crippen LogP) is 3.44. The number of fused-ring (bicyclic) bond motifs is 2. The van der Waals surface area contributed by atoms with E-state index in [9.17, 15) is 4.79 Å². The van der Waals surface area contributed by atoms with Crippen molar-refractivity contribution < 1.29 is 9.53 Å². The zero-order valence-corrected chi connectivity index (χ0v) is 13.7. The van der Waals surface area contributed by atoms with Crippen molar-refractivity contribution in [1.29, 1.82) is 0 Å². The smallest absolute Gasteiger partial charge is 0.233 e. The van der Waals surface area contributed by atoms with Gasteiger partial charge in [-0.2, -0.15) is 0 Å². The number of ether oxygens (including phenoxy) is 1. The lowest BCUT2D eigenvalue weighted by Gasteiger charge is -2.24. The molecule has 2 heterocycles. The molecule has 0 saturated carbocycles. The number of carbonyl (C=O) groups is 1. The summed E-state index contributed by atoms with van der Waals surface area (Å²) in [5, 5.41) is 0. The molecule has 0 aromatic heterocycles. The van der Waals surface area contributed by atoms with Crippen molar-refractivity contribution in [2.45, 2.75) is 23.5 Å². The summed E-state index contributed by atoms with van der Waals surface area (Å²) in [6, 6.07) is 18.5. The first-order chi connectivity index (χ1) is 11.3. The highest BCUT2D eigenvalue weighted by Gasteiger charge is 2.46. The van der Waals surface area contributed by atoms with E-state index in [2.05, 4.69) is 24.3 Å². The number of hydrogen-bond acceptors (Lipinski definition) is 3. The van der Waals surface area contributed by atoms with E-state index in [1.807, 2.05) is 35.2 Å². The zero-order valence-electron chi connectivity index (χ0n) is 12.9. The Bertz CT molecular complexity index is 718. The Hall–Kier alpha value is -1.78. The third-order valence-electron chi connectivity index (χ3n) is 4.70. The molecule has 1 atom stereocenters. The monoisotopic (exact) mass is 325 g/mol. The molecule has 2 aromatic rings. The van der Waals surface area contributed by atoms with Crippen LogP contribution in [0.3, 0.4) is 0 Å². The topological polar surface area (TPSA) is 29.5 Å². The Morgan fingerprint density at radius 1 is 1.13 bits per heavy atom. The number of rotatable bonds is 3. The first-order valence-corrected chi connectivity index (χ1v) is 8.93. The van der Waals surface area contributed by atoms with Gasteiger partial charge in [-0.15, -0.1) is 11.8 Å². The number of thioether (sulfide) groups is 1. The minimum absolute atomic E-state index is 0.198. The molecule has 1 fully saturated rings. The SMILES string of the molecule is O=C(CSc1ccccc1)N1CC[C@@]2(C1)OCc1ccccc12. The fraction of sp³-hybridized carbons (Fsp3) is 0.316.